The van der Waals surface area contributed by atoms with Crippen molar-refractivity contribution < 1.29 is 0 Å². The van der Waals surface area contributed by atoms with Crippen molar-refractivity contribution in [1.82, 2.24) is 19.6 Å². The lowest BCUT2D eigenvalue weighted by Crippen LogP contribution is -1.85. The molecule has 4 nitrogen and oxygen atoms in total. The molecule has 9 heavy (non-hydrogen) atoms. The number of rotatable bonds is 0. The van der Waals surface area contributed by atoms with Crippen molar-refractivity contribution in [1.29, 1.82) is 0 Å². The van der Waals surface area contributed by atoms with Crippen LogP contribution in [0, 0.1) is 0 Å². The van der Waals surface area contributed by atoms with Crippen LogP contribution in [0.5, 0.6) is 0 Å². The molecule has 0 aliphatic rings. The Kier molecular flexibility index (Phi) is 0.745. The SMILES string of the molecule is c1cc2ncnn2cn1. The van der Waals surface area contributed by atoms with E-state index in [2.05, 4.69) is 15.1 Å². The minimum absolute atomic E-state index is 0.824. The Hall–Kier alpha value is -1.45. The van der Waals surface area contributed by atoms with Crippen LogP contribution in [0.3, 0.4) is 0 Å². The molecule has 0 bridgehead atoms. The molecule has 0 fully saturated rings. The third-order valence-corrected chi connectivity index (χ3v) is 1.09. The van der Waals surface area contributed by atoms with Gasteiger partial charge >= 0.3 is 0 Å². The largest absolute Gasteiger partial charge is 0.245 e. The summed E-state index contributed by atoms with van der Waals surface area (Å²) in [5.41, 5.74) is 0.824. The molecule has 2 aromatic rings. The van der Waals surface area contributed by atoms with Gasteiger partial charge in [0.2, 0.25) is 0 Å². The van der Waals surface area contributed by atoms with Gasteiger partial charge in [-0.05, 0) is 0 Å². The smallest absolute Gasteiger partial charge is 0.158 e. The van der Waals surface area contributed by atoms with E-state index in [4.69, 9.17) is 0 Å². The average molecular weight is 120 g/mol. The number of nitrogens with zero attached hydrogens (tertiary/aromatic N) is 4. The van der Waals surface area contributed by atoms with Gasteiger partial charge in [-0.1, -0.05) is 0 Å². The normalized spacial score (nSPS) is 10.2. The van der Waals surface area contributed by atoms with E-state index >= 15 is 0 Å². The van der Waals surface area contributed by atoms with Crippen molar-refractivity contribution >= 4 is 5.65 Å². The topological polar surface area (TPSA) is 43.1 Å². The summed E-state index contributed by atoms with van der Waals surface area (Å²) in [7, 11) is 0. The highest BCUT2D eigenvalue weighted by Gasteiger charge is 1.87. The molecule has 0 aliphatic heterocycles. The van der Waals surface area contributed by atoms with Crippen molar-refractivity contribution in [3.63, 3.8) is 0 Å². The molecule has 0 saturated carbocycles. The molecule has 0 spiro atoms. The van der Waals surface area contributed by atoms with Crippen LogP contribution in [0.4, 0.5) is 0 Å². The van der Waals surface area contributed by atoms with E-state index in [1.807, 2.05) is 0 Å². The predicted octanol–water partition coefficient (Wildman–Crippen LogP) is 0.124. The standard InChI is InChI=1S/C5H4N4/c1-2-6-4-9-5(1)7-3-8-9/h1-4H. The first-order chi connectivity index (χ1) is 4.47. The average Bonchev–Trinajstić information content (AvgIpc) is 2.33. The number of hydrogen-bond acceptors (Lipinski definition) is 3. The van der Waals surface area contributed by atoms with Crippen molar-refractivity contribution in [3.05, 3.63) is 24.9 Å². The third-order valence-electron chi connectivity index (χ3n) is 1.09. The van der Waals surface area contributed by atoms with E-state index in [0.717, 1.165) is 5.65 Å². The lowest BCUT2D eigenvalue weighted by atomic mass is 10.6. The molecular formula is C5H4N4. The maximum Gasteiger partial charge on any atom is 0.158 e. The Morgan fingerprint density at radius 1 is 1.44 bits per heavy atom. The zero-order valence-electron chi connectivity index (χ0n) is 4.60. The molecule has 2 rings (SSSR count). The fraction of sp³-hybridized carbons (Fsp3) is 0. The van der Waals surface area contributed by atoms with E-state index in [0.29, 0.717) is 0 Å². The first-order valence-corrected chi connectivity index (χ1v) is 2.56. The maximum atomic E-state index is 3.93. The summed E-state index contributed by atoms with van der Waals surface area (Å²) in [6.07, 6.45) is 4.80. The van der Waals surface area contributed by atoms with Gasteiger partial charge in [-0.15, -0.1) is 0 Å². The van der Waals surface area contributed by atoms with Crippen molar-refractivity contribution in [2.75, 3.05) is 0 Å². The van der Waals surface area contributed by atoms with Crippen LogP contribution in [-0.2, 0) is 0 Å². The van der Waals surface area contributed by atoms with Crippen LogP contribution >= 0.6 is 0 Å². The zero-order chi connectivity index (χ0) is 6.10. The Labute approximate surface area is 51.2 Å². The first-order valence-electron chi connectivity index (χ1n) is 2.56. The lowest BCUT2D eigenvalue weighted by molar-refractivity contribution is 0.921. The van der Waals surface area contributed by atoms with Crippen LogP contribution in [0.1, 0.15) is 0 Å². The first kappa shape index (κ1) is 4.43. The van der Waals surface area contributed by atoms with E-state index in [9.17, 15) is 0 Å². The number of hydrogen-bond donors (Lipinski definition) is 0. The molecule has 44 valence electrons. The van der Waals surface area contributed by atoms with E-state index in [-0.39, 0.29) is 0 Å². The summed E-state index contributed by atoms with van der Waals surface area (Å²) in [5, 5.41) is 3.86. The van der Waals surface area contributed by atoms with Gasteiger partial charge in [0, 0.05) is 12.3 Å². The second-order valence-electron chi connectivity index (χ2n) is 1.64. The van der Waals surface area contributed by atoms with Crippen molar-refractivity contribution in [3.8, 4) is 0 Å². The quantitative estimate of drug-likeness (QED) is 0.496. The lowest BCUT2D eigenvalue weighted by Gasteiger charge is -1.83. The molecule has 0 unspecified atom stereocenters. The second-order valence-corrected chi connectivity index (χ2v) is 1.64. The van der Waals surface area contributed by atoms with Gasteiger partial charge in [-0.2, -0.15) is 5.10 Å². The summed E-state index contributed by atoms with van der Waals surface area (Å²) in [4.78, 5) is 7.78. The molecule has 0 saturated heterocycles. The van der Waals surface area contributed by atoms with Gasteiger partial charge in [0.05, 0.1) is 0 Å². The fourth-order valence-electron chi connectivity index (χ4n) is 0.679. The minimum atomic E-state index is 0.824. The Morgan fingerprint density at radius 3 is 3.33 bits per heavy atom. The third kappa shape index (κ3) is 0.561. The van der Waals surface area contributed by atoms with E-state index in [1.165, 1.54) is 6.33 Å². The van der Waals surface area contributed by atoms with E-state index < -0.39 is 0 Å². The zero-order valence-corrected chi connectivity index (χ0v) is 4.60. The molecule has 2 heterocycles. The second kappa shape index (κ2) is 1.51. The van der Waals surface area contributed by atoms with Gasteiger partial charge < -0.3 is 0 Å². The number of aromatic nitrogens is 4. The van der Waals surface area contributed by atoms with Gasteiger partial charge in [0.15, 0.2) is 5.65 Å². The Morgan fingerprint density at radius 2 is 2.44 bits per heavy atom. The molecule has 0 aliphatic carbocycles. The molecule has 0 radical (unpaired) electrons. The van der Waals surface area contributed by atoms with Crippen LogP contribution in [0.2, 0.25) is 0 Å². The van der Waals surface area contributed by atoms with Gasteiger partial charge in [0.1, 0.15) is 12.7 Å². The van der Waals surface area contributed by atoms with Crippen molar-refractivity contribution in [2.45, 2.75) is 0 Å². The van der Waals surface area contributed by atoms with Crippen LogP contribution in [-0.4, -0.2) is 19.6 Å². The summed E-state index contributed by atoms with van der Waals surface area (Å²) in [6.45, 7) is 0. The molecule has 0 atom stereocenters. The summed E-state index contributed by atoms with van der Waals surface area (Å²) in [6, 6.07) is 1.80. The highest BCUT2D eigenvalue weighted by molar-refractivity contribution is 5.32. The summed E-state index contributed by atoms with van der Waals surface area (Å²) >= 11 is 0. The maximum absolute atomic E-state index is 3.93. The fourth-order valence-corrected chi connectivity index (χ4v) is 0.679. The van der Waals surface area contributed by atoms with Gasteiger partial charge in [-0.25, -0.2) is 14.5 Å². The molecule has 0 aromatic carbocycles. The Balaban J connectivity index is 2.95. The molecule has 0 amide bonds. The highest BCUT2D eigenvalue weighted by atomic mass is 15.3. The monoisotopic (exact) mass is 120 g/mol. The highest BCUT2D eigenvalue weighted by Crippen LogP contribution is 1.90. The molecular weight excluding hydrogens is 116 g/mol. The van der Waals surface area contributed by atoms with Crippen LogP contribution in [0.15, 0.2) is 24.9 Å². The van der Waals surface area contributed by atoms with E-state index in [1.54, 1.807) is 23.1 Å². The minimum Gasteiger partial charge on any atom is -0.245 e. The summed E-state index contributed by atoms with van der Waals surface area (Å²) < 4.78 is 1.61. The molecule has 0 N–H and O–H groups in total. The van der Waals surface area contributed by atoms with Crippen LogP contribution < -0.4 is 0 Å². The van der Waals surface area contributed by atoms with Gasteiger partial charge in [-0.3, -0.25) is 0 Å². The van der Waals surface area contributed by atoms with Crippen LogP contribution in [0.25, 0.3) is 5.65 Å². The number of fused-ring (bicyclic) bond motifs is 1. The Bertz CT molecular complexity index is 283. The molecule has 2 aromatic heterocycles. The summed E-state index contributed by atoms with van der Waals surface area (Å²) in [5.74, 6) is 0. The predicted molar refractivity (Wildman–Crippen MR) is 30.8 cm³/mol. The molecule has 4 heteroatoms. The van der Waals surface area contributed by atoms with Crippen molar-refractivity contribution in [2.24, 2.45) is 0 Å². The van der Waals surface area contributed by atoms with Gasteiger partial charge in [0.25, 0.3) is 0 Å².